The second kappa shape index (κ2) is 7.29. The first-order valence-corrected chi connectivity index (χ1v) is 8.98. The predicted molar refractivity (Wildman–Crippen MR) is 97.4 cm³/mol. The van der Waals surface area contributed by atoms with Crippen LogP contribution >= 0.6 is 11.6 Å². The number of likely N-dealkylation sites (tertiary alicyclic amines) is 1. The van der Waals surface area contributed by atoms with Crippen LogP contribution < -0.4 is 4.74 Å². The third-order valence-corrected chi connectivity index (χ3v) is 5.04. The van der Waals surface area contributed by atoms with Crippen LogP contribution in [0.2, 0.25) is 5.02 Å². The number of nitrogens with zero attached hydrogens (tertiary/aromatic N) is 2. The van der Waals surface area contributed by atoms with Crippen LogP contribution in [0.15, 0.2) is 28.8 Å². The fraction of sp³-hybridized carbons (Fsp3) is 0.474. The Bertz CT molecular complexity index is 783. The first-order chi connectivity index (χ1) is 12.3. The minimum absolute atomic E-state index is 0.0547. The lowest BCUT2D eigenvalue weighted by atomic mass is 9.91. The number of amides is 1. The van der Waals surface area contributed by atoms with Crippen molar-refractivity contribution in [2.75, 3.05) is 13.1 Å². The van der Waals surface area contributed by atoms with Crippen LogP contribution in [0.1, 0.15) is 30.4 Å². The quantitative estimate of drug-likeness (QED) is 0.885. The van der Waals surface area contributed by atoms with Crippen LogP contribution in [0, 0.1) is 13.8 Å². The van der Waals surface area contributed by atoms with Gasteiger partial charge in [0.1, 0.15) is 23.2 Å². The van der Waals surface area contributed by atoms with E-state index < -0.39 is 11.7 Å². The van der Waals surface area contributed by atoms with Gasteiger partial charge >= 0.3 is 0 Å². The first-order valence-electron chi connectivity index (χ1n) is 8.60. The highest BCUT2D eigenvalue weighted by Crippen LogP contribution is 2.28. The van der Waals surface area contributed by atoms with Gasteiger partial charge in [0.25, 0.3) is 0 Å². The van der Waals surface area contributed by atoms with Crippen molar-refractivity contribution in [3.63, 3.8) is 0 Å². The lowest BCUT2D eigenvalue weighted by Crippen LogP contribution is -2.58. The van der Waals surface area contributed by atoms with E-state index in [0.717, 1.165) is 11.3 Å². The summed E-state index contributed by atoms with van der Waals surface area (Å²) in [6.45, 7) is 6.03. The highest BCUT2D eigenvalue weighted by molar-refractivity contribution is 6.30. The van der Waals surface area contributed by atoms with Gasteiger partial charge in [-0.3, -0.25) is 4.79 Å². The normalized spacial score (nSPS) is 23.1. The molecule has 0 unspecified atom stereocenters. The van der Waals surface area contributed by atoms with Crippen molar-refractivity contribution in [1.82, 2.24) is 10.1 Å². The van der Waals surface area contributed by atoms with Crippen molar-refractivity contribution in [1.29, 1.82) is 0 Å². The van der Waals surface area contributed by atoms with Gasteiger partial charge < -0.3 is 19.3 Å². The largest absolute Gasteiger partial charge is 0.487 e. The number of aliphatic hydroxyl groups is 1. The number of β-amino-alcohol motifs (C(OH)–C–C–N with tert-alkyl or cyclic N) is 1. The maximum Gasteiger partial charge on any atom is 0.227 e. The minimum Gasteiger partial charge on any atom is -0.487 e. The molecule has 1 aliphatic heterocycles. The summed E-state index contributed by atoms with van der Waals surface area (Å²) in [6.07, 6.45) is 0.341. The Balaban J connectivity index is 1.65. The van der Waals surface area contributed by atoms with Crippen LogP contribution in [-0.4, -0.2) is 45.9 Å². The Hall–Kier alpha value is -2.05. The molecule has 6 nitrogen and oxygen atoms in total. The summed E-state index contributed by atoms with van der Waals surface area (Å²) < 4.78 is 11.0. The average Bonchev–Trinajstić information content (AvgIpc) is 2.88. The first kappa shape index (κ1) is 18.7. The summed E-state index contributed by atoms with van der Waals surface area (Å²) in [7, 11) is 0. The Labute approximate surface area is 157 Å². The van der Waals surface area contributed by atoms with Gasteiger partial charge in [-0.15, -0.1) is 0 Å². The molecule has 140 valence electrons. The van der Waals surface area contributed by atoms with E-state index in [1.54, 1.807) is 43.0 Å². The Morgan fingerprint density at radius 1 is 1.50 bits per heavy atom. The van der Waals surface area contributed by atoms with Gasteiger partial charge in [0, 0.05) is 23.6 Å². The van der Waals surface area contributed by atoms with Gasteiger partial charge in [0.05, 0.1) is 18.7 Å². The fourth-order valence-electron chi connectivity index (χ4n) is 3.27. The molecule has 1 fully saturated rings. The van der Waals surface area contributed by atoms with E-state index in [1.165, 1.54) is 0 Å². The average molecular weight is 379 g/mol. The SMILES string of the molecule is Cc1noc(C)c1CC(=O)N1CC[C@H](Oc2cccc(Cl)c2)[C@@](C)(O)C1. The van der Waals surface area contributed by atoms with Crippen LogP contribution in [0.3, 0.4) is 0 Å². The van der Waals surface area contributed by atoms with E-state index in [0.29, 0.717) is 29.5 Å². The Morgan fingerprint density at radius 2 is 2.27 bits per heavy atom. The number of hydrogen-bond acceptors (Lipinski definition) is 5. The van der Waals surface area contributed by atoms with Crippen molar-refractivity contribution in [2.24, 2.45) is 0 Å². The van der Waals surface area contributed by atoms with Gasteiger partial charge in [0.2, 0.25) is 5.91 Å². The molecule has 1 N–H and O–H groups in total. The van der Waals surface area contributed by atoms with E-state index in [4.69, 9.17) is 20.9 Å². The monoisotopic (exact) mass is 378 g/mol. The van der Waals surface area contributed by atoms with Crippen LogP contribution in [0.4, 0.5) is 0 Å². The standard InChI is InChI=1S/C19H23ClN2O4/c1-12-16(13(2)26-21-12)10-18(23)22-8-7-17(19(3,24)11-22)25-15-6-4-5-14(20)9-15/h4-6,9,17,24H,7-8,10-11H2,1-3H3/t17-,19-/m0/s1. The molecule has 26 heavy (non-hydrogen) atoms. The number of aryl methyl sites for hydroxylation is 2. The molecule has 0 spiro atoms. The van der Waals surface area contributed by atoms with Gasteiger partial charge in [-0.1, -0.05) is 22.8 Å². The fourth-order valence-corrected chi connectivity index (χ4v) is 3.45. The number of benzene rings is 1. The third-order valence-electron chi connectivity index (χ3n) is 4.80. The summed E-state index contributed by atoms with van der Waals surface area (Å²) in [4.78, 5) is 14.3. The summed E-state index contributed by atoms with van der Waals surface area (Å²) >= 11 is 5.98. The lowest BCUT2D eigenvalue weighted by molar-refractivity contribution is -0.145. The maximum absolute atomic E-state index is 12.7. The molecule has 0 bridgehead atoms. The summed E-state index contributed by atoms with van der Waals surface area (Å²) in [5.41, 5.74) is 0.378. The van der Waals surface area contributed by atoms with Crippen molar-refractivity contribution < 1.29 is 19.2 Å². The number of hydrogen-bond donors (Lipinski definition) is 1. The topological polar surface area (TPSA) is 75.8 Å². The molecule has 3 rings (SSSR count). The molecule has 2 aromatic rings. The molecular weight excluding hydrogens is 356 g/mol. The van der Waals surface area contributed by atoms with Gasteiger partial charge in [-0.2, -0.15) is 0 Å². The van der Waals surface area contributed by atoms with Gasteiger partial charge in [-0.05, 0) is 39.0 Å². The maximum atomic E-state index is 12.7. The number of carbonyl (C=O) groups excluding carboxylic acids is 1. The number of carbonyl (C=O) groups is 1. The van der Waals surface area contributed by atoms with Crippen LogP contribution in [0.25, 0.3) is 0 Å². The molecule has 2 heterocycles. The molecule has 1 aliphatic rings. The van der Waals surface area contributed by atoms with Gasteiger partial charge in [0.15, 0.2) is 0 Å². The number of piperidine rings is 1. The zero-order chi connectivity index (χ0) is 18.9. The molecule has 2 atom stereocenters. The third kappa shape index (κ3) is 4.02. The van der Waals surface area contributed by atoms with E-state index in [9.17, 15) is 9.90 Å². The minimum atomic E-state index is -1.16. The molecule has 0 saturated carbocycles. The highest BCUT2D eigenvalue weighted by atomic mass is 35.5. The van der Waals surface area contributed by atoms with E-state index >= 15 is 0 Å². The van der Waals surface area contributed by atoms with E-state index in [1.807, 2.05) is 6.92 Å². The van der Waals surface area contributed by atoms with Crippen LogP contribution in [-0.2, 0) is 11.2 Å². The number of aromatic nitrogens is 1. The van der Waals surface area contributed by atoms with Crippen molar-refractivity contribution in [3.05, 3.63) is 46.3 Å². The lowest BCUT2D eigenvalue weighted by Gasteiger charge is -2.42. The summed E-state index contributed by atoms with van der Waals surface area (Å²) in [6, 6.07) is 7.08. The van der Waals surface area contributed by atoms with Crippen molar-refractivity contribution in [2.45, 2.75) is 45.3 Å². The molecule has 0 radical (unpaired) electrons. The molecule has 1 aromatic heterocycles. The smallest absolute Gasteiger partial charge is 0.227 e. The number of halogens is 1. The van der Waals surface area contributed by atoms with Crippen LogP contribution in [0.5, 0.6) is 5.75 Å². The summed E-state index contributed by atoms with van der Waals surface area (Å²) in [5, 5.41) is 15.3. The van der Waals surface area contributed by atoms with Crippen molar-refractivity contribution >= 4 is 17.5 Å². The summed E-state index contributed by atoms with van der Waals surface area (Å²) in [5.74, 6) is 1.21. The molecule has 1 amide bonds. The molecule has 7 heteroatoms. The zero-order valence-electron chi connectivity index (χ0n) is 15.2. The highest BCUT2D eigenvalue weighted by Gasteiger charge is 2.41. The second-order valence-corrected chi connectivity index (χ2v) is 7.44. The number of rotatable bonds is 4. The van der Waals surface area contributed by atoms with E-state index in [2.05, 4.69) is 5.16 Å². The Kier molecular flexibility index (Phi) is 5.25. The predicted octanol–water partition coefficient (Wildman–Crippen LogP) is 2.92. The second-order valence-electron chi connectivity index (χ2n) is 7.00. The van der Waals surface area contributed by atoms with E-state index in [-0.39, 0.29) is 18.9 Å². The van der Waals surface area contributed by atoms with Gasteiger partial charge in [-0.25, -0.2) is 0 Å². The Morgan fingerprint density at radius 3 is 2.88 bits per heavy atom. The molecular formula is C19H23ClN2O4. The zero-order valence-corrected chi connectivity index (χ0v) is 15.9. The molecule has 0 aliphatic carbocycles. The molecule has 1 aromatic carbocycles. The number of ether oxygens (including phenoxy) is 1. The van der Waals surface area contributed by atoms with Crippen molar-refractivity contribution in [3.8, 4) is 5.75 Å². The molecule has 1 saturated heterocycles.